The molecule has 0 spiro atoms. The summed E-state index contributed by atoms with van der Waals surface area (Å²) in [6.45, 7) is 4.19. The molecule has 0 aliphatic carbocycles. The Morgan fingerprint density at radius 2 is 1.69 bits per heavy atom. The van der Waals surface area contributed by atoms with Gasteiger partial charge in [-0.1, -0.05) is 37.3 Å². The number of hydrogen-bond acceptors (Lipinski definition) is 5. The summed E-state index contributed by atoms with van der Waals surface area (Å²) in [6.07, 6.45) is 0. The molecule has 9 heteroatoms. The molecule has 0 aliphatic rings. The maximum absolute atomic E-state index is 13.0. The molecule has 1 aromatic heterocycles. The molecule has 0 radical (unpaired) electrons. The lowest BCUT2D eigenvalue weighted by molar-refractivity contribution is 0.102. The van der Waals surface area contributed by atoms with Crippen LogP contribution in [0.15, 0.2) is 71.6 Å². The molecule has 0 saturated heterocycles. The lowest BCUT2D eigenvalue weighted by Crippen LogP contribution is -2.14. The third-order valence-corrected chi connectivity index (χ3v) is 7.15. The van der Waals surface area contributed by atoms with Crippen molar-refractivity contribution in [3.63, 3.8) is 0 Å². The van der Waals surface area contributed by atoms with Crippen molar-refractivity contribution in [1.29, 1.82) is 0 Å². The number of amides is 1. The molecule has 6 nitrogen and oxygen atoms in total. The van der Waals surface area contributed by atoms with E-state index >= 15 is 0 Å². The Balaban J connectivity index is 1.48. The Morgan fingerprint density at radius 3 is 2.34 bits per heavy atom. The van der Waals surface area contributed by atoms with E-state index in [0.717, 1.165) is 27.9 Å². The van der Waals surface area contributed by atoms with E-state index in [9.17, 15) is 17.6 Å². The highest BCUT2D eigenvalue weighted by atomic mass is 32.2. The van der Waals surface area contributed by atoms with Crippen molar-refractivity contribution in [2.24, 2.45) is 0 Å². The van der Waals surface area contributed by atoms with Gasteiger partial charge in [0.15, 0.2) is 5.13 Å². The van der Waals surface area contributed by atoms with Gasteiger partial charge in [0.2, 0.25) is 0 Å². The highest BCUT2D eigenvalue weighted by molar-refractivity contribution is 7.92. The van der Waals surface area contributed by atoms with Gasteiger partial charge in [0.1, 0.15) is 5.82 Å². The predicted octanol–water partition coefficient (Wildman–Crippen LogP) is 5.61. The van der Waals surface area contributed by atoms with Crippen LogP contribution in [0.5, 0.6) is 0 Å². The largest absolute Gasteiger partial charge is 0.298 e. The SMILES string of the molecule is CC(C)c1cccc2sc(NC(=O)c3ccc(NS(=O)(=O)c4ccc(F)cc4)cc3)nc12. The van der Waals surface area contributed by atoms with Crippen molar-refractivity contribution < 1.29 is 17.6 Å². The molecule has 1 heterocycles. The number of nitrogens with zero attached hydrogens (tertiary/aromatic N) is 1. The average Bonchev–Trinajstić information content (AvgIpc) is 3.16. The number of aromatic nitrogens is 1. The van der Waals surface area contributed by atoms with Gasteiger partial charge >= 0.3 is 0 Å². The van der Waals surface area contributed by atoms with E-state index in [2.05, 4.69) is 28.9 Å². The van der Waals surface area contributed by atoms with Gasteiger partial charge in [0.05, 0.1) is 15.1 Å². The van der Waals surface area contributed by atoms with Gasteiger partial charge in [0.25, 0.3) is 15.9 Å². The van der Waals surface area contributed by atoms with Gasteiger partial charge in [-0.3, -0.25) is 14.8 Å². The van der Waals surface area contributed by atoms with Crippen LogP contribution in [0.3, 0.4) is 0 Å². The van der Waals surface area contributed by atoms with Crippen LogP contribution in [0.25, 0.3) is 10.2 Å². The van der Waals surface area contributed by atoms with Crippen LogP contribution in [-0.4, -0.2) is 19.3 Å². The molecule has 32 heavy (non-hydrogen) atoms. The van der Waals surface area contributed by atoms with Crippen molar-refractivity contribution in [1.82, 2.24) is 4.98 Å². The van der Waals surface area contributed by atoms with Crippen LogP contribution >= 0.6 is 11.3 Å². The zero-order valence-corrected chi connectivity index (χ0v) is 18.9. The summed E-state index contributed by atoms with van der Waals surface area (Å²) in [4.78, 5) is 17.2. The minimum Gasteiger partial charge on any atom is -0.298 e. The number of rotatable bonds is 6. The summed E-state index contributed by atoms with van der Waals surface area (Å²) in [7, 11) is -3.86. The standard InChI is InChI=1S/C23H20FN3O3S2/c1-14(2)19-4-3-5-20-21(19)25-23(31-20)26-22(28)15-6-10-17(11-7-15)27-32(29,30)18-12-8-16(24)9-13-18/h3-14,27H,1-2H3,(H,25,26,28). The lowest BCUT2D eigenvalue weighted by Gasteiger charge is -2.09. The topological polar surface area (TPSA) is 88.2 Å². The summed E-state index contributed by atoms with van der Waals surface area (Å²) >= 11 is 1.40. The minimum absolute atomic E-state index is 0.0580. The van der Waals surface area contributed by atoms with Crippen molar-refractivity contribution >= 4 is 48.3 Å². The number of para-hydroxylation sites is 1. The molecular weight excluding hydrogens is 449 g/mol. The van der Waals surface area contributed by atoms with E-state index in [1.165, 1.54) is 47.7 Å². The van der Waals surface area contributed by atoms with E-state index in [-0.39, 0.29) is 16.5 Å². The normalized spacial score (nSPS) is 11.6. The van der Waals surface area contributed by atoms with Gasteiger partial charge in [-0.25, -0.2) is 17.8 Å². The molecule has 4 rings (SSSR count). The summed E-state index contributed by atoms with van der Waals surface area (Å²) in [5.74, 6) is -0.549. The van der Waals surface area contributed by atoms with Crippen molar-refractivity contribution in [3.05, 3.63) is 83.7 Å². The minimum atomic E-state index is -3.86. The second-order valence-corrected chi connectivity index (χ2v) is 10.2. The highest BCUT2D eigenvalue weighted by Crippen LogP contribution is 2.31. The molecule has 4 aromatic rings. The third kappa shape index (κ3) is 4.63. The molecule has 3 aromatic carbocycles. The van der Waals surface area contributed by atoms with Crippen molar-refractivity contribution in [3.8, 4) is 0 Å². The van der Waals surface area contributed by atoms with Crippen LogP contribution < -0.4 is 10.0 Å². The second kappa shape index (κ2) is 8.68. The number of sulfonamides is 1. The van der Waals surface area contributed by atoms with E-state index < -0.39 is 15.8 Å². The first-order chi connectivity index (χ1) is 15.2. The molecule has 0 atom stereocenters. The number of carbonyl (C=O) groups excluding carboxylic acids is 1. The molecule has 164 valence electrons. The quantitative estimate of drug-likeness (QED) is 0.384. The number of carbonyl (C=O) groups is 1. The predicted molar refractivity (Wildman–Crippen MR) is 125 cm³/mol. The summed E-state index contributed by atoms with van der Waals surface area (Å²) in [5, 5.41) is 3.31. The van der Waals surface area contributed by atoms with Gasteiger partial charge in [-0.05, 0) is 66.1 Å². The molecule has 0 bridgehead atoms. The molecule has 0 fully saturated rings. The molecule has 1 amide bonds. The monoisotopic (exact) mass is 469 g/mol. The Morgan fingerprint density at radius 1 is 1.00 bits per heavy atom. The Hall–Kier alpha value is -3.30. The number of anilines is 2. The maximum Gasteiger partial charge on any atom is 0.261 e. The molecule has 0 aliphatic heterocycles. The van der Waals surface area contributed by atoms with E-state index in [1.807, 2.05) is 18.2 Å². The number of nitrogens with one attached hydrogen (secondary N) is 2. The van der Waals surface area contributed by atoms with Crippen molar-refractivity contribution in [2.45, 2.75) is 24.7 Å². The highest BCUT2D eigenvalue weighted by Gasteiger charge is 2.16. The zero-order valence-electron chi connectivity index (χ0n) is 17.3. The van der Waals surface area contributed by atoms with E-state index in [0.29, 0.717) is 16.6 Å². The summed E-state index contributed by atoms with van der Waals surface area (Å²) in [6, 6.07) is 16.5. The van der Waals surface area contributed by atoms with Crippen LogP contribution in [0.4, 0.5) is 15.2 Å². The fourth-order valence-electron chi connectivity index (χ4n) is 3.18. The first-order valence-electron chi connectivity index (χ1n) is 9.82. The van der Waals surface area contributed by atoms with E-state index in [4.69, 9.17) is 0 Å². The zero-order chi connectivity index (χ0) is 22.9. The first kappa shape index (κ1) is 21.9. The van der Waals surface area contributed by atoms with Gasteiger partial charge in [-0.2, -0.15) is 0 Å². The van der Waals surface area contributed by atoms with Crippen LogP contribution in [-0.2, 0) is 10.0 Å². The number of hydrogen-bond donors (Lipinski definition) is 2. The van der Waals surface area contributed by atoms with Crippen LogP contribution in [0.2, 0.25) is 0 Å². The van der Waals surface area contributed by atoms with Gasteiger partial charge in [0, 0.05) is 11.3 Å². The van der Waals surface area contributed by atoms with Gasteiger partial charge in [-0.15, -0.1) is 0 Å². The van der Waals surface area contributed by atoms with Gasteiger partial charge < -0.3 is 0 Å². The van der Waals surface area contributed by atoms with E-state index in [1.54, 1.807) is 0 Å². The fourth-order valence-corrected chi connectivity index (χ4v) is 5.13. The Labute approximate surface area is 189 Å². The van der Waals surface area contributed by atoms with Crippen LogP contribution in [0.1, 0.15) is 35.7 Å². The molecule has 0 saturated carbocycles. The number of thiazole rings is 1. The second-order valence-electron chi connectivity index (χ2n) is 7.46. The summed E-state index contributed by atoms with van der Waals surface area (Å²) < 4.78 is 41.3. The molecule has 2 N–H and O–H groups in total. The fraction of sp³-hybridized carbons (Fsp3) is 0.130. The van der Waals surface area contributed by atoms with Crippen molar-refractivity contribution in [2.75, 3.05) is 10.0 Å². The average molecular weight is 470 g/mol. The Bertz CT molecular complexity index is 1380. The Kier molecular flexibility index (Phi) is 5.94. The maximum atomic E-state index is 13.0. The number of benzene rings is 3. The molecule has 0 unspecified atom stereocenters. The first-order valence-corrected chi connectivity index (χ1v) is 12.1. The lowest BCUT2D eigenvalue weighted by atomic mass is 10.0. The molecular formula is C23H20FN3O3S2. The van der Waals surface area contributed by atoms with Crippen LogP contribution in [0, 0.1) is 5.82 Å². The smallest absolute Gasteiger partial charge is 0.261 e. The number of fused-ring (bicyclic) bond motifs is 1. The number of halogens is 1. The summed E-state index contributed by atoms with van der Waals surface area (Å²) in [5.41, 5.74) is 2.65. The third-order valence-electron chi connectivity index (χ3n) is 4.82.